The minimum absolute atomic E-state index is 0.0910. The zero-order chi connectivity index (χ0) is 11.9. The quantitative estimate of drug-likeness (QED) is 0.647. The molecule has 2 heterocycles. The van der Waals surface area contributed by atoms with Crippen LogP contribution in [0.1, 0.15) is 5.82 Å². The molecule has 6 nitrogen and oxygen atoms in total. The van der Waals surface area contributed by atoms with Gasteiger partial charge in [-0.25, -0.2) is 9.78 Å². The van der Waals surface area contributed by atoms with Gasteiger partial charge in [-0.05, 0) is 6.92 Å². The maximum atomic E-state index is 11.8. The first kappa shape index (κ1) is 10.2. The molecule has 16 heavy (non-hydrogen) atoms. The lowest BCUT2D eigenvalue weighted by atomic mass is 10.5. The summed E-state index contributed by atoms with van der Waals surface area (Å²) in [6.07, 6.45) is 5.18. The summed E-state index contributed by atoms with van der Waals surface area (Å²) in [6.45, 7) is 1.80. The van der Waals surface area contributed by atoms with Crippen molar-refractivity contribution in [1.29, 1.82) is 0 Å². The van der Waals surface area contributed by atoms with Crippen LogP contribution in [0.2, 0.25) is 0 Å². The third-order valence-electron chi connectivity index (χ3n) is 2.34. The predicted molar refractivity (Wildman–Crippen MR) is 59.2 cm³/mol. The van der Waals surface area contributed by atoms with Crippen LogP contribution >= 0.6 is 0 Å². The van der Waals surface area contributed by atoms with Crippen LogP contribution in [0.25, 0.3) is 11.2 Å². The molecule has 6 heteroatoms. The molecule has 0 saturated heterocycles. The Kier molecular flexibility index (Phi) is 2.16. The van der Waals surface area contributed by atoms with Crippen molar-refractivity contribution in [3.05, 3.63) is 26.7 Å². The van der Waals surface area contributed by atoms with Gasteiger partial charge >= 0.3 is 5.69 Å². The first-order valence-electron chi connectivity index (χ1n) is 4.66. The Labute approximate surface area is 90.5 Å². The van der Waals surface area contributed by atoms with E-state index in [-0.39, 0.29) is 6.54 Å². The number of aromatic nitrogens is 4. The Morgan fingerprint density at radius 1 is 1.50 bits per heavy atom. The third-order valence-corrected chi connectivity index (χ3v) is 2.34. The van der Waals surface area contributed by atoms with E-state index in [0.29, 0.717) is 17.0 Å². The van der Waals surface area contributed by atoms with E-state index in [1.165, 1.54) is 11.6 Å². The van der Waals surface area contributed by atoms with Crippen LogP contribution in [0.4, 0.5) is 0 Å². The molecule has 0 radical (unpaired) electrons. The van der Waals surface area contributed by atoms with Crippen molar-refractivity contribution in [3.8, 4) is 12.3 Å². The van der Waals surface area contributed by atoms with Crippen molar-refractivity contribution in [2.24, 2.45) is 7.05 Å². The van der Waals surface area contributed by atoms with E-state index in [1.807, 2.05) is 0 Å². The number of aryl methyl sites for hydroxylation is 1. The molecule has 1 N–H and O–H groups in total. The smallest absolute Gasteiger partial charge is 0.333 e. The molecule has 2 aromatic heterocycles. The lowest BCUT2D eigenvalue weighted by Gasteiger charge is -2.04. The lowest BCUT2D eigenvalue weighted by molar-refractivity contribution is 0.684. The van der Waals surface area contributed by atoms with Crippen molar-refractivity contribution < 1.29 is 0 Å². The third kappa shape index (κ3) is 1.26. The topological polar surface area (TPSA) is 72.7 Å². The van der Waals surface area contributed by atoms with Gasteiger partial charge in [0.2, 0.25) is 0 Å². The van der Waals surface area contributed by atoms with Crippen molar-refractivity contribution >= 4 is 11.2 Å². The number of fused-ring (bicyclic) bond motifs is 1. The van der Waals surface area contributed by atoms with Crippen LogP contribution in [-0.2, 0) is 13.6 Å². The van der Waals surface area contributed by atoms with Crippen molar-refractivity contribution in [3.63, 3.8) is 0 Å². The van der Waals surface area contributed by atoms with Gasteiger partial charge in [0.05, 0.1) is 6.54 Å². The highest BCUT2D eigenvalue weighted by Crippen LogP contribution is 2.03. The van der Waals surface area contributed by atoms with Crippen LogP contribution in [0.15, 0.2) is 9.59 Å². The van der Waals surface area contributed by atoms with Gasteiger partial charge in [-0.2, -0.15) is 0 Å². The fourth-order valence-electron chi connectivity index (χ4n) is 1.58. The molecule has 0 aliphatic heterocycles. The predicted octanol–water partition coefficient (Wildman–Crippen LogP) is -0.635. The number of aromatic amines is 1. The second kappa shape index (κ2) is 3.38. The second-order valence-electron chi connectivity index (χ2n) is 3.46. The van der Waals surface area contributed by atoms with Gasteiger partial charge in [-0.15, -0.1) is 6.42 Å². The summed E-state index contributed by atoms with van der Waals surface area (Å²) in [5.74, 6) is 2.94. The monoisotopic (exact) mass is 218 g/mol. The molecule has 0 aliphatic rings. The molecular weight excluding hydrogens is 208 g/mol. The number of nitrogens with one attached hydrogen (secondary N) is 1. The number of rotatable bonds is 1. The van der Waals surface area contributed by atoms with E-state index < -0.39 is 11.2 Å². The molecule has 0 spiro atoms. The Bertz CT molecular complexity index is 711. The first-order chi connectivity index (χ1) is 7.56. The highest BCUT2D eigenvalue weighted by Gasteiger charge is 2.13. The SMILES string of the molecule is C#CCn1c(=O)n(C)c(=O)c2[nH]c(C)nc21. The van der Waals surface area contributed by atoms with Crippen molar-refractivity contribution in [2.45, 2.75) is 13.5 Å². The molecule has 0 bridgehead atoms. The van der Waals surface area contributed by atoms with Gasteiger partial charge in [0, 0.05) is 7.05 Å². The van der Waals surface area contributed by atoms with Crippen LogP contribution in [-0.4, -0.2) is 19.1 Å². The zero-order valence-electron chi connectivity index (χ0n) is 8.94. The summed E-state index contributed by atoms with van der Waals surface area (Å²) in [6, 6.07) is 0. The molecule has 0 aliphatic carbocycles. The summed E-state index contributed by atoms with van der Waals surface area (Å²) < 4.78 is 2.30. The van der Waals surface area contributed by atoms with Gasteiger partial charge in [-0.3, -0.25) is 13.9 Å². The van der Waals surface area contributed by atoms with Crippen molar-refractivity contribution in [1.82, 2.24) is 19.1 Å². The number of imidazole rings is 1. The van der Waals surface area contributed by atoms with Gasteiger partial charge < -0.3 is 4.98 Å². The van der Waals surface area contributed by atoms with E-state index in [1.54, 1.807) is 6.92 Å². The van der Waals surface area contributed by atoms with Crippen LogP contribution in [0.5, 0.6) is 0 Å². The average Bonchev–Trinajstić information content (AvgIpc) is 2.63. The van der Waals surface area contributed by atoms with Gasteiger partial charge in [0.25, 0.3) is 5.56 Å². The molecular formula is C10H10N4O2. The Morgan fingerprint density at radius 2 is 2.19 bits per heavy atom. The first-order valence-corrected chi connectivity index (χ1v) is 4.66. The fourth-order valence-corrected chi connectivity index (χ4v) is 1.58. The highest BCUT2D eigenvalue weighted by atomic mass is 16.2. The molecule has 2 rings (SSSR count). The molecule has 0 aromatic carbocycles. The zero-order valence-corrected chi connectivity index (χ0v) is 8.94. The van der Waals surface area contributed by atoms with E-state index in [4.69, 9.17) is 6.42 Å². The molecule has 0 fully saturated rings. The van der Waals surface area contributed by atoms with Gasteiger partial charge in [0.1, 0.15) is 11.3 Å². The lowest BCUT2D eigenvalue weighted by Crippen LogP contribution is -2.38. The standard InChI is InChI=1S/C10H10N4O2/c1-4-5-14-8-7(11-6(2)12-8)9(15)13(3)10(14)16/h1H,5H2,2-3H3,(H,11,12). The number of nitrogens with zero attached hydrogens (tertiary/aromatic N) is 3. The summed E-state index contributed by atoms with van der Waals surface area (Å²) in [7, 11) is 1.41. The molecule has 0 atom stereocenters. The van der Waals surface area contributed by atoms with E-state index >= 15 is 0 Å². The second-order valence-corrected chi connectivity index (χ2v) is 3.46. The van der Waals surface area contributed by atoms with Crippen LogP contribution in [0, 0.1) is 19.3 Å². The van der Waals surface area contributed by atoms with E-state index in [0.717, 1.165) is 4.57 Å². The average molecular weight is 218 g/mol. The number of hydrogen-bond acceptors (Lipinski definition) is 3. The Morgan fingerprint density at radius 3 is 2.81 bits per heavy atom. The van der Waals surface area contributed by atoms with E-state index in [9.17, 15) is 9.59 Å². The summed E-state index contributed by atoms with van der Waals surface area (Å²) in [5.41, 5.74) is -0.241. The van der Waals surface area contributed by atoms with Crippen molar-refractivity contribution in [2.75, 3.05) is 0 Å². The van der Waals surface area contributed by atoms with Gasteiger partial charge in [0.15, 0.2) is 5.65 Å². The normalized spacial score (nSPS) is 10.6. The number of H-pyrrole nitrogens is 1. The molecule has 82 valence electrons. The maximum absolute atomic E-state index is 11.8. The largest absolute Gasteiger partial charge is 0.336 e. The summed E-state index contributed by atoms with van der Waals surface area (Å²) >= 11 is 0. The van der Waals surface area contributed by atoms with Crippen LogP contribution in [0.3, 0.4) is 0 Å². The Hall–Kier alpha value is -2.29. The van der Waals surface area contributed by atoms with Crippen LogP contribution < -0.4 is 11.2 Å². The van der Waals surface area contributed by atoms with E-state index in [2.05, 4.69) is 15.9 Å². The minimum atomic E-state index is -0.457. The number of terminal acetylenes is 1. The summed E-state index contributed by atoms with van der Waals surface area (Å²) in [4.78, 5) is 30.4. The molecule has 0 unspecified atom stereocenters. The van der Waals surface area contributed by atoms with Gasteiger partial charge in [-0.1, -0.05) is 5.92 Å². The molecule has 0 saturated carbocycles. The molecule has 0 amide bonds. The molecule has 2 aromatic rings. The number of hydrogen-bond donors (Lipinski definition) is 1. The fraction of sp³-hybridized carbons (Fsp3) is 0.300. The Balaban J connectivity index is 3.04. The maximum Gasteiger partial charge on any atom is 0.333 e. The highest BCUT2D eigenvalue weighted by molar-refractivity contribution is 5.69. The summed E-state index contributed by atoms with van der Waals surface area (Å²) in [5, 5.41) is 0. The minimum Gasteiger partial charge on any atom is -0.336 e.